The van der Waals surface area contributed by atoms with Crippen LogP contribution in [0.5, 0.6) is 0 Å². The molecule has 2 rings (SSSR count). The van der Waals surface area contributed by atoms with E-state index in [1.807, 2.05) is 4.90 Å². The first kappa shape index (κ1) is 14.3. The highest BCUT2D eigenvalue weighted by molar-refractivity contribution is 7.80. The van der Waals surface area contributed by atoms with Gasteiger partial charge in [-0.1, -0.05) is 0 Å². The third kappa shape index (κ3) is 3.46. The van der Waals surface area contributed by atoms with Gasteiger partial charge in [0, 0.05) is 26.2 Å². The molecule has 2 heterocycles. The van der Waals surface area contributed by atoms with E-state index in [0.717, 1.165) is 0 Å². The number of hydrogen-bond acceptors (Lipinski definition) is 4. The Labute approximate surface area is 125 Å². The Morgan fingerprint density at radius 3 is 2.32 bits per heavy atom. The Balaban J connectivity index is 1.91. The van der Waals surface area contributed by atoms with Crippen LogP contribution in [0.4, 0.5) is 0 Å². The van der Waals surface area contributed by atoms with Crippen molar-refractivity contribution in [2.24, 2.45) is 5.73 Å². The first-order valence-electron chi connectivity index (χ1n) is 5.55. The Morgan fingerprint density at radius 2 is 1.84 bits per heavy atom. The van der Waals surface area contributed by atoms with Crippen LogP contribution >= 0.6 is 35.4 Å². The average Bonchev–Trinajstić information content (AvgIpc) is 2.68. The van der Waals surface area contributed by atoms with Gasteiger partial charge in [-0.15, -0.1) is 5.10 Å². The van der Waals surface area contributed by atoms with Crippen LogP contribution in [0.1, 0.15) is 0 Å². The Bertz CT molecular complexity index is 499. The molecule has 19 heavy (non-hydrogen) atoms. The number of hydrogen-bond donors (Lipinski definition) is 1. The zero-order valence-electron chi connectivity index (χ0n) is 9.92. The zero-order chi connectivity index (χ0) is 14.0. The lowest BCUT2D eigenvalue weighted by Gasteiger charge is -2.35. The van der Waals surface area contributed by atoms with E-state index in [-0.39, 0.29) is 23.0 Å². The van der Waals surface area contributed by atoms with E-state index < -0.39 is 0 Å². The number of halogens is 2. The summed E-state index contributed by atoms with van der Waals surface area (Å²) in [6.07, 6.45) is 0. The quantitative estimate of drug-likeness (QED) is 0.770. The molecule has 1 aliphatic rings. The Morgan fingerprint density at radius 1 is 1.26 bits per heavy atom. The number of aromatic nitrogens is 3. The molecule has 10 heteroatoms. The maximum absolute atomic E-state index is 12.1. The molecule has 0 unspecified atom stereocenters. The highest BCUT2D eigenvalue weighted by atomic mass is 35.5. The Kier molecular flexibility index (Phi) is 4.43. The fourth-order valence-corrected chi connectivity index (χ4v) is 2.38. The number of carbonyl (C=O) groups is 1. The van der Waals surface area contributed by atoms with Gasteiger partial charge in [0.1, 0.15) is 6.54 Å². The van der Waals surface area contributed by atoms with Crippen molar-refractivity contribution in [3.8, 4) is 0 Å². The minimum atomic E-state index is -0.0916. The van der Waals surface area contributed by atoms with Gasteiger partial charge in [0.2, 0.25) is 16.5 Å². The van der Waals surface area contributed by atoms with Crippen LogP contribution in [-0.4, -0.2) is 61.8 Å². The Hall–Kier alpha value is -1.12. The first-order valence-corrected chi connectivity index (χ1v) is 6.72. The number of piperazine rings is 1. The summed E-state index contributed by atoms with van der Waals surface area (Å²) in [5, 5.41) is 4.31. The lowest BCUT2D eigenvalue weighted by molar-refractivity contribution is -0.133. The molecule has 0 radical (unpaired) electrons. The van der Waals surface area contributed by atoms with Gasteiger partial charge in [-0.05, 0) is 35.4 Å². The van der Waals surface area contributed by atoms with Crippen LogP contribution in [0, 0.1) is 0 Å². The fraction of sp³-hybridized carbons (Fsp3) is 0.556. The van der Waals surface area contributed by atoms with Crippen LogP contribution in [0.25, 0.3) is 0 Å². The van der Waals surface area contributed by atoms with E-state index in [1.165, 1.54) is 4.68 Å². The topological polar surface area (TPSA) is 80.3 Å². The summed E-state index contributed by atoms with van der Waals surface area (Å²) in [4.78, 5) is 19.3. The van der Waals surface area contributed by atoms with E-state index in [2.05, 4.69) is 10.1 Å². The monoisotopic (exact) mass is 322 g/mol. The normalized spacial score (nSPS) is 15.7. The third-order valence-electron chi connectivity index (χ3n) is 2.83. The van der Waals surface area contributed by atoms with E-state index in [1.54, 1.807) is 4.90 Å². The molecule has 0 spiro atoms. The summed E-state index contributed by atoms with van der Waals surface area (Å²) < 4.78 is 1.27. The number of thiocarbonyl (C=S) groups is 1. The van der Waals surface area contributed by atoms with Crippen molar-refractivity contribution in [2.45, 2.75) is 6.54 Å². The average molecular weight is 323 g/mol. The molecule has 1 fully saturated rings. The second-order valence-electron chi connectivity index (χ2n) is 4.01. The smallest absolute Gasteiger partial charge is 0.244 e. The highest BCUT2D eigenvalue weighted by Gasteiger charge is 2.22. The van der Waals surface area contributed by atoms with Gasteiger partial charge in [0.25, 0.3) is 0 Å². The lowest BCUT2D eigenvalue weighted by atomic mass is 10.3. The molecule has 0 bridgehead atoms. The van der Waals surface area contributed by atoms with E-state index in [9.17, 15) is 4.79 Å². The van der Waals surface area contributed by atoms with Gasteiger partial charge >= 0.3 is 0 Å². The van der Waals surface area contributed by atoms with Gasteiger partial charge in [-0.3, -0.25) is 4.79 Å². The van der Waals surface area contributed by atoms with E-state index in [0.29, 0.717) is 31.3 Å². The summed E-state index contributed by atoms with van der Waals surface area (Å²) >= 11 is 16.3. The van der Waals surface area contributed by atoms with Crippen molar-refractivity contribution in [1.29, 1.82) is 0 Å². The molecule has 104 valence electrons. The molecule has 1 aromatic rings. The van der Waals surface area contributed by atoms with Gasteiger partial charge < -0.3 is 15.5 Å². The van der Waals surface area contributed by atoms with Crippen LogP contribution < -0.4 is 5.73 Å². The molecule has 0 atom stereocenters. The molecule has 0 saturated carbocycles. The number of amides is 1. The van der Waals surface area contributed by atoms with Crippen molar-refractivity contribution in [2.75, 3.05) is 26.2 Å². The fourth-order valence-electron chi connectivity index (χ4n) is 1.80. The molecular formula is C9H12Cl2N6OS. The molecular weight excluding hydrogens is 311 g/mol. The first-order chi connectivity index (χ1) is 8.97. The summed E-state index contributed by atoms with van der Waals surface area (Å²) in [6, 6.07) is 0. The van der Waals surface area contributed by atoms with Crippen molar-refractivity contribution < 1.29 is 4.79 Å². The lowest BCUT2D eigenvalue weighted by Crippen LogP contribution is -2.52. The zero-order valence-corrected chi connectivity index (χ0v) is 12.2. The standard InChI is InChI=1S/C9H12Cl2N6OS/c10-7-13-8(11)17(14-7)5-6(18)15-1-3-16(4-2-15)9(12)19/h1-5H2,(H2,12,19). The largest absolute Gasteiger partial charge is 0.376 e. The molecule has 0 aliphatic carbocycles. The molecule has 1 aromatic heterocycles. The number of nitrogens with two attached hydrogens (primary N) is 1. The number of nitrogens with zero attached hydrogens (tertiary/aromatic N) is 5. The molecule has 1 aliphatic heterocycles. The van der Waals surface area contributed by atoms with Crippen LogP contribution in [0.2, 0.25) is 10.6 Å². The van der Waals surface area contributed by atoms with Crippen LogP contribution in [0.15, 0.2) is 0 Å². The van der Waals surface area contributed by atoms with Crippen molar-refractivity contribution >= 4 is 46.4 Å². The minimum Gasteiger partial charge on any atom is -0.376 e. The van der Waals surface area contributed by atoms with Crippen molar-refractivity contribution in [3.05, 3.63) is 10.6 Å². The summed E-state index contributed by atoms with van der Waals surface area (Å²) in [7, 11) is 0. The van der Waals surface area contributed by atoms with Gasteiger partial charge in [0.05, 0.1) is 0 Å². The third-order valence-corrected chi connectivity index (χ3v) is 3.53. The molecule has 1 amide bonds. The SMILES string of the molecule is NC(=S)N1CCN(C(=O)Cn2nc(Cl)nc2Cl)CC1. The maximum atomic E-state index is 12.1. The van der Waals surface area contributed by atoms with Crippen LogP contribution in [-0.2, 0) is 11.3 Å². The summed E-state index contributed by atoms with van der Waals surface area (Å²) in [5.74, 6) is -0.0916. The van der Waals surface area contributed by atoms with Gasteiger partial charge in [-0.25, -0.2) is 4.68 Å². The van der Waals surface area contributed by atoms with Gasteiger partial charge in [-0.2, -0.15) is 4.98 Å². The molecule has 1 saturated heterocycles. The predicted molar refractivity (Wildman–Crippen MR) is 75.0 cm³/mol. The van der Waals surface area contributed by atoms with Crippen molar-refractivity contribution in [3.63, 3.8) is 0 Å². The highest BCUT2D eigenvalue weighted by Crippen LogP contribution is 2.10. The molecule has 2 N–H and O–H groups in total. The number of rotatable bonds is 2. The van der Waals surface area contributed by atoms with Gasteiger partial charge in [0.15, 0.2) is 5.11 Å². The summed E-state index contributed by atoms with van der Waals surface area (Å²) in [6.45, 7) is 2.41. The van der Waals surface area contributed by atoms with E-state index >= 15 is 0 Å². The molecule has 0 aromatic carbocycles. The van der Waals surface area contributed by atoms with Crippen molar-refractivity contribution in [1.82, 2.24) is 24.6 Å². The minimum absolute atomic E-state index is 0.0195. The maximum Gasteiger partial charge on any atom is 0.244 e. The number of carbonyl (C=O) groups excluding carboxylic acids is 1. The predicted octanol–water partition coefficient (Wildman–Crippen LogP) is -0.0273. The molecule has 7 nitrogen and oxygen atoms in total. The summed E-state index contributed by atoms with van der Waals surface area (Å²) in [5.41, 5.74) is 5.53. The van der Waals surface area contributed by atoms with E-state index in [4.69, 9.17) is 41.2 Å². The van der Waals surface area contributed by atoms with Crippen LogP contribution in [0.3, 0.4) is 0 Å². The second-order valence-corrected chi connectivity index (χ2v) is 5.11. The second kappa shape index (κ2) is 5.89.